The molecular formula is C14H17BrF3NO2. The van der Waals surface area contributed by atoms with Gasteiger partial charge in [0.05, 0.1) is 11.6 Å². The summed E-state index contributed by atoms with van der Waals surface area (Å²) in [5, 5.41) is 0. The van der Waals surface area contributed by atoms with Gasteiger partial charge in [0.25, 0.3) is 5.91 Å². The molecule has 0 unspecified atom stereocenters. The van der Waals surface area contributed by atoms with Crippen LogP contribution in [-0.2, 0) is 0 Å². The van der Waals surface area contributed by atoms with E-state index in [1.54, 1.807) is 19.9 Å². The Morgan fingerprint density at radius 1 is 1.38 bits per heavy atom. The van der Waals surface area contributed by atoms with Crippen LogP contribution in [0.4, 0.5) is 13.2 Å². The van der Waals surface area contributed by atoms with Crippen LogP contribution >= 0.6 is 15.9 Å². The van der Waals surface area contributed by atoms with Crippen LogP contribution in [0.3, 0.4) is 0 Å². The van der Waals surface area contributed by atoms with E-state index in [-0.39, 0.29) is 18.0 Å². The summed E-state index contributed by atoms with van der Waals surface area (Å²) in [6.45, 7) is 2.32. The van der Waals surface area contributed by atoms with Gasteiger partial charge in [-0.15, -0.1) is 0 Å². The van der Waals surface area contributed by atoms with Gasteiger partial charge in [0.1, 0.15) is 12.3 Å². The van der Waals surface area contributed by atoms with E-state index in [0.717, 1.165) is 4.90 Å². The van der Waals surface area contributed by atoms with Crippen LogP contribution < -0.4 is 4.74 Å². The SMILES string of the molecule is COc1ccc(C(=O)N(CC(C)C)CC(F)(F)F)cc1Br. The number of halogens is 4. The molecule has 0 aliphatic carbocycles. The van der Waals surface area contributed by atoms with Crippen LogP contribution in [-0.4, -0.2) is 37.2 Å². The second-order valence-corrected chi connectivity index (χ2v) is 5.90. The van der Waals surface area contributed by atoms with Gasteiger partial charge in [-0.1, -0.05) is 13.8 Å². The molecule has 0 N–H and O–H groups in total. The summed E-state index contributed by atoms with van der Waals surface area (Å²) < 4.78 is 43.4. The van der Waals surface area contributed by atoms with Gasteiger partial charge in [0.15, 0.2) is 0 Å². The van der Waals surface area contributed by atoms with E-state index in [9.17, 15) is 18.0 Å². The molecular weight excluding hydrogens is 351 g/mol. The van der Waals surface area contributed by atoms with Gasteiger partial charge in [-0.25, -0.2) is 0 Å². The van der Waals surface area contributed by atoms with Crippen LogP contribution in [0.5, 0.6) is 5.75 Å². The molecule has 0 saturated heterocycles. The van der Waals surface area contributed by atoms with Crippen molar-refractivity contribution < 1.29 is 22.7 Å². The number of amides is 1. The highest BCUT2D eigenvalue weighted by molar-refractivity contribution is 9.10. The Bertz CT molecular complexity index is 503. The molecule has 1 aromatic rings. The number of hydrogen-bond donors (Lipinski definition) is 0. The van der Waals surface area contributed by atoms with Gasteiger partial charge in [0, 0.05) is 12.1 Å². The smallest absolute Gasteiger partial charge is 0.406 e. The first kappa shape index (κ1) is 17.8. The van der Waals surface area contributed by atoms with Crippen LogP contribution in [0.2, 0.25) is 0 Å². The predicted molar refractivity (Wildman–Crippen MR) is 77.5 cm³/mol. The monoisotopic (exact) mass is 367 g/mol. The molecule has 0 spiro atoms. The minimum atomic E-state index is -4.42. The summed E-state index contributed by atoms with van der Waals surface area (Å²) in [6, 6.07) is 4.46. The van der Waals surface area contributed by atoms with Crippen LogP contribution in [0, 0.1) is 5.92 Å². The highest BCUT2D eigenvalue weighted by Gasteiger charge is 2.33. The second-order valence-electron chi connectivity index (χ2n) is 5.04. The van der Waals surface area contributed by atoms with Gasteiger partial charge in [-0.2, -0.15) is 13.2 Å². The molecule has 0 aliphatic rings. The number of alkyl halides is 3. The number of benzene rings is 1. The number of rotatable bonds is 5. The molecule has 0 saturated carbocycles. The van der Waals surface area contributed by atoms with E-state index in [1.807, 2.05) is 0 Å². The van der Waals surface area contributed by atoms with Crippen molar-refractivity contribution in [3.8, 4) is 5.75 Å². The Balaban J connectivity index is 3.01. The van der Waals surface area contributed by atoms with Crippen molar-refractivity contribution in [3.63, 3.8) is 0 Å². The number of carbonyl (C=O) groups is 1. The quantitative estimate of drug-likeness (QED) is 0.783. The molecule has 0 aromatic heterocycles. The fourth-order valence-corrected chi connectivity index (χ4v) is 2.40. The van der Waals surface area contributed by atoms with Crippen LogP contribution in [0.25, 0.3) is 0 Å². The number of methoxy groups -OCH3 is 1. The minimum absolute atomic E-state index is 0.0436. The van der Waals surface area contributed by atoms with Crippen LogP contribution in [0.1, 0.15) is 24.2 Å². The lowest BCUT2D eigenvalue weighted by molar-refractivity contribution is -0.141. The maximum Gasteiger partial charge on any atom is 0.406 e. The van der Waals surface area contributed by atoms with E-state index < -0.39 is 18.6 Å². The van der Waals surface area contributed by atoms with Crippen molar-refractivity contribution in [1.82, 2.24) is 4.90 Å². The lowest BCUT2D eigenvalue weighted by atomic mass is 10.1. The third-order valence-corrected chi connectivity index (χ3v) is 3.26. The number of ether oxygens (including phenoxy) is 1. The molecule has 7 heteroatoms. The first-order chi connectivity index (χ1) is 9.64. The van der Waals surface area contributed by atoms with Gasteiger partial charge < -0.3 is 9.64 Å². The van der Waals surface area contributed by atoms with Crippen molar-refractivity contribution in [2.24, 2.45) is 5.92 Å². The van der Waals surface area contributed by atoms with Crippen molar-refractivity contribution in [2.45, 2.75) is 20.0 Å². The number of nitrogens with zero attached hydrogens (tertiary/aromatic N) is 1. The molecule has 0 radical (unpaired) electrons. The Kier molecular flexibility index (Phi) is 6.07. The molecule has 0 bridgehead atoms. The maximum atomic E-state index is 12.6. The van der Waals surface area contributed by atoms with Crippen molar-refractivity contribution in [3.05, 3.63) is 28.2 Å². The van der Waals surface area contributed by atoms with Crippen LogP contribution in [0.15, 0.2) is 22.7 Å². The molecule has 1 amide bonds. The Hall–Kier alpha value is -1.24. The third-order valence-electron chi connectivity index (χ3n) is 2.64. The lowest BCUT2D eigenvalue weighted by Gasteiger charge is -2.26. The van der Waals surface area contributed by atoms with E-state index in [2.05, 4.69) is 15.9 Å². The molecule has 0 atom stereocenters. The minimum Gasteiger partial charge on any atom is -0.496 e. The topological polar surface area (TPSA) is 29.5 Å². The summed E-state index contributed by atoms with van der Waals surface area (Å²) in [4.78, 5) is 13.1. The zero-order chi connectivity index (χ0) is 16.2. The van der Waals surface area contributed by atoms with E-state index >= 15 is 0 Å². The Morgan fingerprint density at radius 2 is 2.00 bits per heavy atom. The Morgan fingerprint density at radius 3 is 2.43 bits per heavy atom. The fraction of sp³-hybridized carbons (Fsp3) is 0.500. The summed E-state index contributed by atoms with van der Waals surface area (Å²) in [5.74, 6) is -0.194. The standard InChI is InChI=1S/C14H17BrF3NO2/c1-9(2)7-19(8-14(16,17)18)13(20)10-4-5-12(21-3)11(15)6-10/h4-6,9H,7-8H2,1-3H3. The molecule has 3 nitrogen and oxygen atoms in total. The summed E-state index contributed by atoms with van der Waals surface area (Å²) in [7, 11) is 1.47. The normalized spacial score (nSPS) is 11.6. The maximum absolute atomic E-state index is 12.6. The van der Waals surface area contributed by atoms with Crippen molar-refractivity contribution >= 4 is 21.8 Å². The number of carbonyl (C=O) groups excluding carboxylic acids is 1. The number of hydrogen-bond acceptors (Lipinski definition) is 2. The summed E-state index contributed by atoms with van der Waals surface area (Å²) in [5.41, 5.74) is 0.188. The molecule has 0 aliphatic heterocycles. The summed E-state index contributed by atoms with van der Waals surface area (Å²) in [6.07, 6.45) is -4.42. The fourth-order valence-electron chi connectivity index (χ4n) is 1.86. The molecule has 0 fully saturated rings. The van der Waals surface area contributed by atoms with Crippen molar-refractivity contribution in [2.75, 3.05) is 20.2 Å². The van der Waals surface area contributed by atoms with Gasteiger partial charge in [-0.3, -0.25) is 4.79 Å². The highest BCUT2D eigenvalue weighted by Crippen LogP contribution is 2.27. The molecule has 1 aromatic carbocycles. The zero-order valence-electron chi connectivity index (χ0n) is 12.0. The molecule has 21 heavy (non-hydrogen) atoms. The lowest BCUT2D eigenvalue weighted by Crippen LogP contribution is -2.41. The molecule has 1 rings (SSSR count). The first-order valence-corrected chi connectivity index (χ1v) is 7.13. The first-order valence-electron chi connectivity index (χ1n) is 6.33. The van der Waals surface area contributed by atoms with E-state index in [1.165, 1.54) is 19.2 Å². The van der Waals surface area contributed by atoms with Gasteiger partial charge in [0.2, 0.25) is 0 Å². The van der Waals surface area contributed by atoms with Gasteiger partial charge in [-0.05, 0) is 40.0 Å². The molecule has 118 valence electrons. The molecule has 0 heterocycles. The second kappa shape index (κ2) is 7.15. The largest absolute Gasteiger partial charge is 0.496 e. The average Bonchev–Trinajstić information content (AvgIpc) is 2.34. The third kappa shape index (κ3) is 5.57. The van der Waals surface area contributed by atoms with E-state index in [4.69, 9.17) is 4.74 Å². The van der Waals surface area contributed by atoms with Gasteiger partial charge >= 0.3 is 6.18 Å². The summed E-state index contributed by atoms with van der Waals surface area (Å²) >= 11 is 3.22. The Labute approximate surface area is 130 Å². The predicted octanol–water partition coefficient (Wildman–Crippen LogP) is 4.12. The highest BCUT2D eigenvalue weighted by atomic mass is 79.9. The average molecular weight is 368 g/mol. The zero-order valence-corrected chi connectivity index (χ0v) is 13.6. The van der Waals surface area contributed by atoms with Crippen molar-refractivity contribution in [1.29, 1.82) is 0 Å². The van der Waals surface area contributed by atoms with E-state index in [0.29, 0.717) is 10.2 Å².